The lowest BCUT2D eigenvalue weighted by Gasteiger charge is -2.42. The number of hydrazine groups is 1. The normalized spacial score (nSPS) is 19.6. The number of carbonyl (C=O) groups is 3. The first-order chi connectivity index (χ1) is 9.94. The van der Waals surface area contributed by atoms with Crippen molar-refractivity contribution in [1.29, 1.82) is 0 Å². The zero-order chi connectivity index (χ0) is 17.1. The van der Waals surface area contributed by atoms with Gasteiger partial charge in [-0.05, 0) is 54.4 Å². The number of rotatable bonds is 1. The zero-order valence-electron chi connectivity index (χ0n) is 14.2. The van der Waals surface area contributed by atoms with Gasteiger partial charge in [-0.3, -0.25) is 0 Å². The van der Waals surface area contributed by atoms with E-state index in [1.807, 2.05) is 0 Å². The quantitative estimate of drug-likeness (QED) is 0.696. The van der Waals surface area contributed by atoms with Crippen LogP contribution in [-0.4, -0.2) is 52.3 Å². The van der Waals surface area contributed by atoms with Crippen LogP contribution in [0.5, 0.6) is 0 Å². The number of aldehydes is 1. The number of ether oxygens (including phenoxy) is 2. The van der Waals surface area contributed by atoms with Crippen molar-refractivity contribution in [3.05, 3.63) is 0 Å². The van der Waals surface area contributed by atoms with Crippen molar-refractivity contribution in [1.82, 2.24) is 10.0 Å². The van der Waals surface area contributed by atoms with E-state index in [4.69, 9.17) is 9.47 Å². The molecule has 0 bridgehead atoms. The van der Waals surface area contributed by atoms with E-state index in [2.05, 4.69) is 0 Å². The molecule has 0 saturated carbocycles. The van der Waals surface area contributed by atoms with E-state index in [1.165, 1.54) is 0 Å². The molecule has 2 amide bonds. The second-order valence-corrected chi connectivity index (χ2v) is 7.27. The summed E-state index contributed by atoms with van der Waals surface area (Å²) in [6.07, 6.45) is 0.366. The molecule has 0 spiro atoms. The first-order valence-corrected chi connectivity index (χ1v) is 7.42. The van der Waals surface area contributed by atoms with Gasteiger partial charge in [-0.1, -0.05) is 0 Å². The summed E-state index contributed by atoms with van der Waals surface area (Å²) in [5.74, 6) is 0. The average Bonchev–Trinajstić information content (AvgIpc) is 2.33. The summed E-state index contributed by atoms with van der Waals surface area (Å²) in [5, 5.41) is 2.22. The predicted octanol–water partition coefficient (Wildman–Crippen LogP) is 2.74. The van der Waals surface area contributed by atoms with E-state index in [-0.39, 0.29) is 0 Å². The largest absolute Gasteiger partial charge is 0.442 e. The smallest absolute Gasteiger partial charge is 0.430 e. The second kappa shape index (κ2) is 6.54. The van der Waals surface area contributed by atoms with Crippen LogP contribution < -0.4 is 0 Å². The first kappa shape index (κ1) is 18.3. The molecule has 0 radical (unpaired) electrons. The van der Waals surface area contributed by atoms with Gasteiger partial charge >= 0.3 is 12.2 Å². The van der Waals surface area contributed by atoms with Crippen molar-refractivity contribution in [3.63, 3.8) is 0 Å². The molecule has 1 aliphatic heterocycles. The van der Waals surface area contributed by atoms with E-state index in [9.17, 15) is 14.4 Å². The molecule has 1 atom stereocenters. The Morgan fingerprint density at radius 3 is 1.95 bits per heavy atom. The van der Waals surface area contributed by atoms with E-state index in [0.717, 1.165) is 10.0 Å². The Morgan fingerprint density at radius 1 is 1.00 bits per heavy atom. The molecule has 1 saturated heterocycles. The Balaban J connectivity index is 2.98. The molecule has 0 aromatic carbocycles. The predicted molar refractivity (Wildman–Crippen MR) is 80.1 cm³/mol. The van der Waals surface area contributed by atoms with Crippen LogP contribution in [0.2, 0.25) is 0 Å². The SMILES string of the molecule is CC(C)(C)OC(=O)N1CCC[C@H](C=O)N1C(=O)OC(C)(C)C. The maximum absolute atomic E-state index is 12.4. The van der Waals surface area contributed by atoms with E-state index in [1.54, 1.807) is 41.5 Å². The fourth-order valence-corrected chi connectivity index (χ4v) is 2.02. The van der Waals surface area contributed by atoms with Crippen LogP contribution in [0, 0.1) is 0 Å². The summed E-state index contributed by atoms with van der Waals surface area (Å²) >= 11 is 0. The Kier molecular flexibility index (Phi) is 5.43. The topological polar surface area (TPSA) is 76.2 Å². The average molecular weight is 314 g/mol. The number of nitrogens with zero attached hydrogens (tertiary/aromatic N) is 2. The molecule has 7 heteroatoms. The Morgan fingerprint density at radius 2 is 1.50 bits per heavy atom. The van der Waals surface area contributed by atoms with E-state index >= 15 is 0 Å². The Labute approximate surface area is 131 Å². The summed E-state index contributed by atoms with van der Waals surface area (Å²) in [6, 6.07) is -0.726. The summed E-state index contributed by atoms with van der Waals surface area (Å²) in [4.78, 5) is 35.9. The van der Waals surface area contributed by atoms with Crippen molar-refractivity contribution < 1.29 is 23.9 Å². The lowest BCUT2D eigenvalue weighted by Crippen LogP contribution is -2.60. The third-order valence-corrected chi connectivity index (χ3v) is 2.79. The van der Waals surface area contributed by atoms with Gasteiger partial charge in [0.25, 0.3) is 0 Å². The Bertz CT molecular complexity index is 436. The molecular formula is C15H26N2O5. The van der Waals surface area contributed by atoms with Gasteiger partial charge in [0.05, 0.1) is 0 Å². The van der Waals surface area contributed by atoms with Crippen molar-refractivity contribution in [2.24, 2.45) is 0 Å². The highest BCUT2D eigenvalue weighted by atomic mass is 16.6. The molecule has 1 heterocycles. The molecule has 126 valence electrons. The third-order valence-electron chi connectivity index (χ3n) is 2.79. The van der Waals surface area contributed by atoms with Gasteiger partial charge in [-0.25, -0.2) is 19.6 Å². The third kappa shape index (κ3) is 5.20. The van der Waals surface area contributed by atoms with Crippen molar-refractivity contribution in [2.45, 2.75) is 71.6 Å². The summed E-state index contributed by atoms with van der Waals surface area (Å²) in [7, 11) is 0. The highest BCUT2D eigenvalue weighted by Crippen LogP contribution is 2.23. The van der Waals surface area contributed by atoms with Gasteiger partial charge in [0, 0.05) is 6.54 Å². The fraction of sp³-hybridized carbons (Fsp3) is 0.800. The van der Waals surface area contributed by atoms with Crippen molar-refractivity contribution in [3.8, 4) is 0 Å². The number of hydrogen-bond acceptors (Lipinski definition) is 5. The molecule has 0 aromatic heterocycles. The number of amides is 2. The summed E-state index contributed by atoms with van der Waals surface area (Å²) in [5.41, 5.74) is -1.41. The van der Waals surface area contributed by atoms with Crippen LogP contribution in [0.1, 0.15) is 54.4 Å². The van der Waals surface area contributed by atoms with Crippen LogP contribution in [0.15, 0.2) is 0 Å². The summed E-state index contributed by atoms with van der Waals surface area (Å²) in [6.45, 7) is 10.7. The summed E-state index contributed by atoms with van der Waals surface area (Å²) < 4.78 is 10.6. The molecule has 22 heavy (non-hydrogen) atoms. The fourth-order valence-electron chi connectivity index (χ4n) is 2.02. The maximum atomic E-state index is 12.4. The van der Waals surface area contributed by atoms with Gasteiger partial charge in [0.2, 0.25) is 0 Å². The molecule has 0 unspecified atom stereocenters. The maximum Gasteiger partial charge on any atom is 0.430 e. The van der Waals surface area contributed by atoms with Gasteiger partial charge in [0.1, 0.15) is 23.5 Å². The standard InChI is InChI=1S/C15H26N2O5/c1-14(2,3)21-12(19)16-9-7-8-11(10-18)17(16)13(20)22-15(4,5)6/h10-11H,7-9H2,1-6H3/t11-/m1/s1. The van der Waals surface area contributed by atoms with Crippen LogP contribution in [-0.2, 0) is 14.3 Å². The molecule has 1 aliphatic rings. The van der Waals surface area contributed by atoms with Crippen LogP contribution in [0.4, 0.5) is 9.59 Å². The molecular weight excluding hydrogens is 288 g/mol. The lowest BCUT2D eigenvalue weighted by molar-refractivity contribution is -0.126. The van der Waals surface area contributed by atoms with Gasteiger partial charge in [-0.2, -0.15) is 0 Å². The highest BCUT2D eigenvalue weighted by molar-refractivity contribution is 5.78. The lowest BCUT2D eigenvalue weighted by atomic mass is 10.1. The first-order valence-electron chi connectivity index (χ1n) is 7.42. The molecule has 7 nitrogen and oxygen atoms in total. The molecule has 0 aromatic rings. The minimum Gasteiger partial charge on any atom is -0.442 e. The monoisotopic (exact) mass is 314 g/mol. The highest BCUT2D eigenvalue weighted by Gasteiger charge is 2.40. The van der Waals surface area contributed by atoms with E-state index < -0.39 is 29.4 Å². The minimum absolute atomic E-state index is 0.304. The van der Waals surface area contributed by atoms with Gasteiger partial charge < -0.3 is 14.3 Å². The molecule has 1 fully saturated rings. The number of carbonyl (C=O) groups excluding carboxylic acids is 3. The molecule has 0 N–H and O–H groups in total. The second-order valence-electron chi connectivity index (χ2n) is 7.27. The van der Waals surface area contributed by atoms with Crippen molar-refractivity contribution >= 4 is 18.5 Å². The van der Waals surface area contributed by atoms with Crippen LogP contribution in [0.25, 0.3) is 0 Å². The molecule has 1 rings (SSSR count). The van der Waals surface area contributed by atoms with Crippen molar-refractivity contribution in [2.75, 3.05) is 6.54 Å². The Hall–Kier alpha value is -1.79. The van der Waals surface area contributed by atoms with Crippen LogP contribution in [0.3, 0.4) is 0 Å². The molecule has 0 aliphatic carbocycles. The van der Waals surface area contributed by atoms with Gasteiger partial charge in [0.15, 0.2) is 0 Å². The van der Waals surface area contributed by atoms with Crippen LogP contribution >= 0.6 is 0 Å². The minimum atomic E-state index is -0.727. The number of hydrogen-bond donors (Lipinski definition) is 0. The zero-order valence-corrected chi connectivity index (χ0v) is 14.2. The van der Waals surface area contributed by atoms with E-state index in [0.29, 0.717) is 25.7 Å². The van der Waals surface area contributed by atoms with Gasteiger partial charge in [-0.15, -0.1) is 0 Å².